The first-order valence-corrected chi connectivity index (χ1v) is 5.65. The molecule has 0 bridgehead atoms. The summed E-state index contributed by atoms with van der Waals surface area (Å²) in [6, 6.07) is 1.24. The molecular formula is C10H14F3N5. The van der Waals surface area contributed by atoms with Crippen LogP contribution in [0.2, 0.25) is 0 Å². The van der Waals surface area contributed by atoms with Crippen molar-refractivity contribution >= 4 is 11.8 Å². The van der Waals surface area contributed by atoms with E-state index in [-0.39, 0.29) is 17.8 Å². The highest BCUT2D eigenvalue weighted by Gasteiger charge is 2.36. The fourth-order valence-electron chi connectivity index (χ4n) is 1.78. The van der Waals surface area contributed by atoms with Gasteiger partial charge in [0.05, 0.1) is 0 Å². The number of hydrazine groups is 1. The van der Waals surface area contributed by atoms with Crippen LogP contribution in [0.4, 0.5) is 24.9 Å². The van der Waals surface area contributed by atoms with Crippen LogP contribution in [0, 0.1) is 0 Å². The van der Waals surface area contributed by atoms with E-state index in [0.29, 0.717) is 6.54 Å². The molecule has 1 aromatic heterocycles. The van der Waals surface area contributed by atoms with Crippen molar-refractivity contribution in [1.29, 1.82) is 0 Å². The molecule has 0 aliphatic heterocycles. The standard InChI is InChI=1S/C10H14F3N5/c1-2-18(6-3-4-6)8-5-7(10(11,12)13)15-9(16-8)17-14/h5-6H,2-4,14H2,1H3,(H,15,16,17). The van der Waals surface area contributed by atoms with E-state index in [2.05, 4.69) is 15.4 Å². The smallest absolute Gasteiger partial charge is 0.354 e. The Balaban J connectivity index is 2.39. The average Bonchev–Trinajstić information content (AvgIpc) is 3.13. The van der Waals surface area contributed by atoms with Gasteiger partial charge in [0, 0.05) is 18.7 Å². The molecule has 5 nitrogen and oxygen atoms in total. The van der Waals surface area contributed by atoms with Crippen LogP contribution >= 0.6 is 0 Å². The van der Waals surface area contributed by atoms with Crippen LogP contribution < -0.4 is 16.2 Å². The highest BCUT2D eigenvalue weighted by molar-refractivity contribution is 5.47. The Morgan fingerprint density at radius 3 is 2.56 bits per heavy atom. The Bertz CT molecular complexity index is 430. The van der Waals surface area contributed by atoms with Crippen molar-refractivity contribution in [3.63, 3.8) is 0 Å². The molecule has 0 aromatic carbocycles. The number of rotatable bonds is 4. The van der Waals surface area contributed by atoms with Crippen molar-refractivity contribution in [3.8, 4) is 0 Å². The SMILES string of the molecule is CCN(c1cc(C(F)(F)F)nc(NN)n1)C1CC1. The fourth-order valence-corrected chi connectivity index (χ4v) is 1.78. The molecule has 18 heavy (non-hydrogen) atoms. The van der Waals surface area contributed by atoms with Crippen molar-refractivity contribution in [2.45, 2.75) is 32.0 Å². The van der Waals surface area contributed by atoms with E-state index in [1.807, 2.05) is 11.8 Å². The summed E-state index contributed by atoms with van der Waals surface area (Å²) in [5, 5.41) is 0. The minimum atomic E-state index is -4.51. The third kappa shape index (κ3) is 2.63. The summed E-state index contributed by atoms with van der Waals surface area (Å²) in [4.78, 5) is 9.13. The maximum absolute atomic E-state index is 12.7. The first-order chi connectivity index (χ1) is 8.45. The van der Waals surface area contributed by atoms with Gasteiger partial charge < -0.3 is 4.90 Å². The number of anilines is 2. The zero-order chi connectivity index (χ0) is 13.3. The number of nitrogens with one attached hydrogen (secondary N) is 1. The van der Waals surface area contributed by atoms with Crippen molar-refractivity contribution < 1.29 is 13.2 Å². The number of nitrogens with two attached hydrogens (primary N) is 1. The topological polar surface area (TPSA) is 67.1 Å². The van der Waals surface area contributed by atoms with E-state index in [4.69, 9.17) is 5.84 Å². The summed E-state index contributed by atoms with van der Waals surface area (Å²) in [5.41, 5.74) is 1.08. The summed E-state index contributed by atoms with van der Waals surface area (Å²) < 4.78 is 38.1. The van der Waals surface area contributed by atoms with Gasteiger partial charge in [-0.05, 0) is 19.8 Å². The number of hydrogen-bond donors (Lipinski definition) is 2. The summed E-state index contributed by atoms with van der Waals surface area (Å²) in [6.07, 6.45) is -2.55. The lowest BCUT2D eigenvalue weighted by Crippen LogP contribution is -2.27. The van der Waals surface area contributed by atoms with E-state index < -0.39 is 11.9 Å². The predicted octanol–water partition coefficient (Wildman–Crippen LogP) is 1.77. The van der Waals surface area contributed by atoms with E-state index in [9.17, 15) is 13.2 Å². The summed E-state index contributed by atoms with van der Waals surface area (Å²) in [7, 11) is 0. The predicted molar refractivity (Wildman–Crippen MR) is 60.9 cm³/mol. The van der Waals surface area contributed by atoms with Crippen molar-refractivity contribution in [1.82, 2.24) is 9.97 Å². The molecule has 1 fully saturated rings. The lowest BCUT2D eigenvalue weighted by Gasteiger charge is -2.22. The maximum Gasteiger partial charge on any atom is 0.433 e. The van der Waals surface area contributed by atoms with E-state index in [0.717, 1.165) is 18.9 Å². The van der Waals surface area contributed by atoms with Gasteiger partial charge in [-0.2, -0.15) is 18.2 Å². The van der Waals surface area contributed by atoms with Gasteiger partial charge in [0.15, 0.2) is 5.69 Å². The first kappa shape index (κ1) is 12.9. The highest BCUT2D eigenvalue weighted by atomic mass is 19.4. The minimum Gasteiger partial charge on any atom is -0.354 e. The summed E-state index contributed by atoms with van der Waals surface area (Å²) in [5.74, 6) is 5.14. The Morgan fingerprint density at radius 1 is 1.44 bits per heavy atom. The van der Waals surface area contributed by atoms with Crippen LogP contribution in [0.15, 0.2) is 6.07 Å². The third-order valence-corrected chi connectivity index (χ3v) is 2.75. The molecule has 1 aromatic rings. The van der Waals surface area contributed by atoms with Crippen molar-refractivity contribution in [2.75, 3.05) is 16.9 Å². The lowest BCUT2D eigenvalue weighted by molar-refractivity contribution is -0.141. The number of halogens is 3. The lowest BCUT2D eigenvalue weighted by atomic mass is 10.3. The molecule has 0 saturated heterocycles. The molecule has 0 radical (unpaired) electrons. The zero-order valence-corrected chi connectivity index (χ0v) is 9.83. The van der Waals surface area contributed by atoms with Crippen LogP contribution in [-0.2, 0) is 6.18 Å². The Hall–Kier alpha value is -1.57. The summed E-state index contributed by atoms with van der Waals surface area (Å²) in [6.45, 7) is 2.48. The van der Waals surface area contributed by atoms with Gasteiger partial charge in [-0.3, -0.25) is 5.43 Å². The molecule has 1 aliphatic carbocycles. The average molecular weight is 261 g/mol. The van der Waals surface area contributed by atoms with Crippen molar-refractivity contribution in [2.24, 2.45) is 5.84 Å². The second-order valence-corrected chi connectivity index (χ2v) is 4.09. The molecule has 2 rings (SSSR count). The van der Waals surface area contributed by atoms with Gasteiger partial charge in [-0.25, -0.2) is 10.8 Å². The Kier molecular flexibility index (Phi) is 3.29. The molecule has 8 heteroatoms. The second kappa shape index (κ2) is 4.60. The Morgan fingerprint density at radius 2 is 2.11 bits per heavy atom. The van der Waals surface area contributed by atoms with E-state index in [1.165, 1.54) is 0 Å². The number of nitrogen functional groups attached to an aromatic ring is 1. The van der Waals surface area contributed by atoms with Crippen molar-refractivity contribution in [3.05, 3.63) is 11.8 Å². The molecule has 3 N–H and O–H groups in total. The van der Waals surface area contributed by atoms with Crippen LogP contribution in [0.5, 0.6) is 0 Å². The van der Waals surface area contributed by atoms with Gasteiger partial charge in [-0.15, -0.1) is 0 Å². The fraction of sp³-hybridized carbons (Fsp3) is 0.600. The summed E-state index contributed by atoms with van der Waals surface area (Å²) >= 11 is 0. The zero-order valence-electron chi connectivity index (χ0n) is 9.83. The van der Waals surface area contributed by atoms with Crippen LogP contribution in [0.3, 0.4) is 0 Å². The molecule has 1 heterocycles. The molecule has 100 valence electrons. The van der Waals surface area contributed by atoms with Crippen LogP contribution in [0.25, 0.3) is 0 Å². The molecule has 1 aliphatic rings. The second-order valence-electron chi connectivity index (χ2n) is 4.09. The largest absolute Gasteiger partial charge is 0.433 e. The monoisotopic (exact) mass is 261 g/mol. The van der Waals surface area contributed by atoms with Gasteiger partial charge in [0.2, 0.25) is 5.95 Å². The van der Waals surface area contributed by atoms with Gasteiger partial charge in [0.25, 0.3) is 0 Å². The minimum absolute atomic E-state index is 0.223. The Labute approximate surface area is 102 Å². The molecule has 0 unspecified atom stereocenters. The number of nitrogens with zero attached hydrogens (tertiary/aromatic N) is 3. The molecular weight excluding hydrogens is 247 g/mol. The van der Waals surface area contributed by atoms with Gasteiger partial charge >= 0.3 is 6.18 Å². The van der Waals surface area contributed by atoms with E-state index >= 15 is 0 Å². The number of hydrogen-bond acceptors (Lipinski definition) is 5. The highest BCUT2D eigenvalue weighted by Crippen LogP contribution is 2.34. The molecule has 0 amide bonds. The van der Waals surface area contributed by atoms with Gasteiger partial charge in [-0.1, -0.05) is 0 Å². The number of aromatic nitrogens is 2. The van der Waals surface area contributed by atoms with E-state index in [1.54, 1.807) is 0 Å². The van der Waals surface area contributed by atoms with Crippen LogP contribution in [0.1, 0.15) is 25.5 Å². The first-order valence-electron chi connectivity index (χ1n) is 5.65. The molecule has 0 spiro atoms. The number of alkyl halides is 3. The quantitative estimate of drug-likeness (QED) is 0.638. The normalized spacial score (nSPS) is 15.6. The van der Waals surface area contributed by atoms with Crippen LogP contribution in [-0.4, -0.2) is 22.6 Å². The third-order valence-electron chi connectivity index (χ3n) is 2.75. The molecule has 0 atom stereocenters. The molecule has 1 saturated carbocycles. The van der Waals surface area contributed by atoms with Gasteiger partial charge in [0.1, 0.15) is 5.82 Å². The maximum atomic E-state index is 12.7.